The number of rotatable bonds is 0. The molecule has 0 aliphatic carbocycles. The van der Waals surface area contributed by atoms with E-state index in [1.165, 1.54) is 13.8 Å². The molecule has 1 rings (SSSR count). The summed E-state index contributed by atoms with van der Waals surface area (Å²) < 4.78 is 0. The highest BCUT2D eigenvalue weighted by molar-refractivity contribution is 7.07. The first-order valence-electron chi connectivity index (χ1n) is 2.53. The molecule has 0 aliphatic heterocycles. The predicted octanol–water partition coefficient (Wildman–Crippen LogP) is 1.74. The normalized spacial score (nSPS) is 7.33. The lowest BCUT2D eigenvalue weighted by molar-refractivity contribution is -0.114. The molecular weight excluding hydrogens is 134 g/mol. The molecule has 0 spiro atoms. The van der Waals surface area contributed by atoms with Crippen molar-refractivity contribution >= 4 is 17.1 Å². The zero-order chi connectivity index (χ0) is 7.11. The topological polar surface area (TPSA) is 30.0 Å². The van der Waals surface area contributed by atoms with Crippen LogP contribution < -0.4 is 0 Å². The van der Waals surface area contributed by atoms with Crippen LogP contribution in [0.1, 0.15) is 13.8 Å². The third kappa shape index (κ3) is 11.1. The van der Waals surface area contributed by atoms with Crippen molar-refractivity contribution < 1.29 is 4.79 Å². The monoisotopic (exact) mass is 143 g/mol. The van der Waals surface area contributed by atoms with Crippen LogP contribution in [0.3, 0.4) is 0 Å². The molecule has 0 atom stereocenters. The molecule has 0 aliphatic rings. The highest BCUT2D eigenvalue weighted by Gasteiger charge is 1.62. The lowest BCUT2D eigenvalue weighted by atomic mass is 10.6. The Kier molecular flexibility index (Phi) is 5.01. The minimum atomic E-state index is 0.167. The van der Waals surface area contributed by atoms with Gasteiger partial charge in [0.1, 0.15) is 5.78 Å². The second-order valence-corrected chi connectivity index (χ2v) is 2.34. The van der Waals surface area contributed by atoms with E-state index < -0.39 is 0 Å². The number of carbonyl (C=O) groups excluding carboxylic acids is 1. The summed E-state index contributed by atoms with van der Waals surface area (Å²) in [6.45, 7) is 3.06. The first-order valence-corrected chi connectivity index (χ1v) is 3.47. The second-order valence-electron chi connectivity index (χ2n) is 1.58. The van der Waals surface area contributed by atoms with E-state index in [1.807, 2.05) is 5.38 Å². The molecule has 1 aromatic heterocycles. The molecule has 0 saturated carbocycles. The number of aromatic nitrogens is 1. The summed E-state index contributed by atoms with van der Waals surface area (Å²) >= 11 is 1.60. The van der Waals surface area contributed by atoms with Gasteiger partial charge in [-0.3, -0.25) is 4.98 Å². The maximum atomic E-state index is 9.44. The molecule has 0 saturated heterocycles. The summed E-state index contributed by atoms with van der Waals surface area (Å²) in [7, 11) is 0. The summed E-state index contributed by atoms with van der Waals surface area (Å²) in [5.41, 5.74) is 1.79. The molecule has 9 heavy (non-hydrogen) atoms. The van der Waals surface area contributed by atoms with Crippen LogP contribution in [0.25, 0.3) is 0 Å². The molecule has 1 heterocycles. The molecule has 0 aromatic carbocycles. The van der Waals surface area contributed by atoms with Crippen molar-refractivity contribution in [3.05, 3.63) is 17.1 Å². The number of nitrogens with zero attached hydrogens (tertiary/aromatic N) is 1. The molecule has 1 aromatic rings. The lowest BCUT2D eigenvalue weighted by Gasteiger charge is -1.56. The maximum absolute atomic E-state index is 9.44. The Bertz CT molecular complexity index is 127. The van der Waals surface area contributed by atoms with E-state index in [-0.39, 0.29) is 5.78 Å². The highest BCUT2D eigenvalue weighted by atomic mass is 32.1. The zero-order valence-corrected chi connectivity index (χ0v) is 6.31. The first-order chi connectivity index (χ1) is 4.23. The van der Waals surface area contributed by atoms with Gasteiger partial charge in [0.15, 0.2) is 0 Å². The van der Waals surface area contributed by atoms with Crippen LogP contribution in [-0.2, 0) is 4.79 Å². The smallest absolute Gasteiger partial charge is 0.126 e. The Morgan fingerprint density at radius 3 is 2.22 bits per heavy atom. The van der Waals surface area contributed by atoms with Gasteiger partial charge in [0.25, 0.3) is 0 Å². The molecule has 50 valence electrons. The van der Waals surface area contributed by atoms with Gasteiger partial charge in [0.05, 0.1) is 5.51 Å². The van der Waals surface area contributed by atoms with Gasteiger partial charge >= 0.3 is 0 Å². The second kappa shape index (κ2) is 5.44. The van der Waals surface area contributed by atoms with Crippen LogP contribution >= 0.6 is 11.3 Å². The summed E-state index contributed by atoms with van der Waals surface area (Å²) in [4.78, 5) is 13.2. The van der Waals surface area contributed by atoms with Gasteiger partial charge in [0, 0.05) is 11.6 Å². The maximum Gasteiger partial charge on any atom is 0.126 e. The van der Waals surface area contributed by atoms with E-state index in [9.17, 15) is 4.79 Å². The lowest BCUT2D eigenvalue weighted by Crippen LogP contribution is -1.69. The number of hydrogen-bond donors (Lipinski definition) is 0. The third-order valence-electron chi connectivity index (χ3n) is 0.347. The molecule has 2 nitrogen and oxygen atoms in total. The number of ketones is 1. The van der Waals surface area contributed by atoms with Crippen LogP contribution in [0.5, 0.6) is 0 Å². The van der Waals surface area contributed by atoms with E-state index in [2.05, 4.69) is 4.98 Å². The minimum Gasteiger partial charge on any atom is -0.300 e. The minimum absolute atomic E-state index is 0.167. The van der Waals surface area contributed by atoms with Gasteiger partial charge in [-0.15, -0.1) is 11.3 Å². The SMILES string of the molecule is CC(C)=O.c1cscn1. The van der Waals surface area contributed by atoms with Crippen molar-refractivity contribution in [2.45, 2.75) is 13.8 Å². The van der Waals surface area contributed by atoms with Crippen molar-refractivity contribution in [1.29, 1.82) is 0 Å². The van der Waals surface area contributed by atoms with E-state index >= 15 is 0 Å². The zero-order valence-electron chi connectivity index (χ0n) is 5.50. The summed E-state index contributed by atoms with van der Waals surface area (Å²) in [6, 6.07) is 0. The van der Waals surface area contributed by atoms with Gasteiger partial charge in [-0.05, 0) is 13.8 Å². The van der Waals surface area contributed by atoms with E-state index in [4.69, 9.17) is 0 Å². The third-order valence-corrected chi connectivity index (χ3v) is 0.869. The van der Waals surface area contributed by atoms with Crippen molar-refractivity contribution in [1.82, 2.24) is 4.98 Å². The first kappa shape index (κ1) is 8.30. The number of thiazole rings is 1. The fraction of sp³-hybridized carbons (Fsp3) is 0.333. The Balaban J connectivity index is 0.000000148. The average Bonchev–Trinajstić information content (AvgIpc) is 2.11. The number of Topliss-reactive ketones (excluding diaryl/α,β-unsaturated/α-hetero) is 1. The molecule has 0 fully saturated rings. The average molecular weight is 143 g/mol. The van der Waals surface area contributed by atoms with Crippen molar-refractivity contribution in [3.8, 4) is 0 Å². The Labute approximate surface area is 58.6 Å². The highest BCUT2D eigenvalue weighted by Crippen LogP contribution is 1.85. The van der Waals surface area contributed by atoms with Gasteiger partial charge in [-0.1, -0.05) is 0 Å². The number of carbonyl (C=O) groups is 1. The van der Waals surface area contributed by atoms with Crippen LogP contribution in [0.4, 0.5) is 0 Å². The number of hydrogen-bond acceptors (Lipinski definition) is 3. The van der Waals surface area contributed by atoms with E-state index in [1.54, 1.807) is 23.0 Å². The van der Waals surface area contributed by atoms with Crippen LogP contribution in [-0.4, -0.2) is 10.8 Å². The van der Waals surface area contributed by atoms with Crippen LogP contribution in [0.2, 0.25) is 0 Å². The van der Waals surface area contributed by atoms with E-state index in [0.717, 1.165) is 0 Å². The molecule has 0 N–H and O–H groups in total. The largest absolute Gasteiger partial charge is 0.300 e. The van der Waals surface area contributed by atoms with Crippen molar-refractivity contribution in [2.24, 2.45) is 0 Å². The van der Waals surface area contributed by atoms with Crippen molar-refractivity contribution in [3.63, 3.8) is 0 Å². The van der Waals surface area contributed by atoms with Gasteiger partial charge in [-0.25, -0.2) is 0 Å². The molecule has 0 radical (unpaired) electrons. The Morgan fingerprint density at radius 1 is 1.56 bits per heavy atom. The summed E-state index contributed by atoms with van der Waals surface area (Å²) in [5.74, 6) is 0.167. The van der Waals surface area contributed by atoms with Gasteiger partial charge in [0.2, 0.25) is 0 Å². The Morgan fingerprint density at radius 2 is 2.11 bits per heavy atom. The Hall–Kier alpha value is -0.700. The fourth-order valence-corrected chi connectivity index (χ4v) is 0.527. The summed E-state index contributed by atoms with van der Waals surface area (Å²) in [5, 5.41) is 1.93. The van der Waals surface area contributed by atoms with E-state index in [0.29, 0.717) is 0 Å². The van der Waals surface area contributed by atoms with Gasteiger partial charge in [-0.2, -0.15) is 0 Å². The molecule has 0 unspecified atom stereocenters. The molecular formula is C6H9NOS. The quantitative estimate of drug-likeness (QED) is 0.553. The van der Waals surface area contributed by atoms with Gasteiger partial charge < -0.3 is 4.79 Å². The summed E-state index contributed by atoms with van der Waals surface area (Å²) in [6.07, 6.45) is 1.77. The predicted molar refractivity (Wildman–Crippen MR) is 38.5 cm³/mol. The molecule has 0 amide bonds. The van der Waals surface area contributed by atoms with Crippen LogP contribution in [0.15, 0.2) is 17.1 Å². The molecule has 3 heteroatoms. The van der Waals surface area contributed by atoms with Crippen molar-refractivity contribution in [2.75, 3.05) is 0 Å². The standard InChI is InChI=1S/C3H3NS.C3H6O/c1-2-5-3-4-1;1-3(2)4/h1-3H;1-2H3. The fourth-order valence-electron chi connectivity index (χ4n) is 0.176. The van der Waals surface area contributed by atoms with Crippen LogP contribution in [0, 0.1) is 0 Å². The molecule has 0 bridgehead atoms.